The Morgan fingerprint density at radius 3 is 2.11 bits per heavy atom. The van der Waals surface area contributed by atoms with Gasteiger partial charge in [0.05, 0.1) is 0 Å². The molecule has 0 aliphatic rings. The van der Waals surface area contributed by atoms with E-state index in [-0.39, 0.29) is 11.8 Å². The molecule has 0 fully saturated rings. The lowest BCUT2D eigenvalue weighted by atomic mass is 10.0. The minimum atomic E-state index is -1.05. The zero-order valence-corrected chi connectivity index (χ0v) is 12.0. The minimum Gasteiger partial charge on any atom is -0.480 e. The SMILES string of the molecule is CCCC[C@@H](NC(=O)[C@H](NC(C)=O)C(C)C)C(=O)O. The van der Waals surface area contributed by atoms with Crippen LogP contribution in [0.15, 0.2) is 0 Å². The second-order valence-electron chi connectivity index (χ2n) is 4.96. The molecule has 0 aliphatic heterocycles. The van der Waals surface area contributed by atoms with Crippen LogP contribution < -0.4 is 10.6 Å². The van der Waals surface area contributed by atoms with Crippen molar-refractivity contribution >= 4 is 17.8 Å². The predicted octanol–water partition coefficient (Wildman–Crippen LogP) is 0.907. The molecule has 2 amide bonds. The summed E-state index contributed by atoms with van der Waals surface area (Å²) >= 11 is 0. The third-order valence-corrected chi connectivity index (χ3v) is 2.77. The average molecular weight is 272 g/mol. The van der Waals surface area contributed by atoms with Gasteiger partial charge in [0.1, 0.15) is 12.1 Å². The van der Waals surface area contributed by atoms with Crippen LogP contribution in [0.3, 0.4) is 0 Å². The van der Waals surface area contributed by atoms with Gasteiger partial charge in [-0.3, -0.25) is 9.59 Å². The Hall–Kier alpha value is -1.59. The van der Waals surface area contributed by atoms with Gasteiger partial charge < -0.3 is 15.7 Å². The summed E-state index contributed by atoms with van der Waals surface area (Å²) in [5, 5.41) is 14.1. The number of carbonyl (C=O) groups excluding carboxylic acids is 2. The molecule has 6 heteroatoms. The fraction of sp³-hybridized carbons (Fsp3) is 0.769. The third-order valence-electron chi connectivity index (χ3n) is 2.77. The Morgan fingerprint density at radius 2 is 1.74 bits per heavy atom. The largest absolute Gasteiger partial charge is 0.480 e. The Bertz CT molecular complexity index is 329. The number of aliphatic carboxylic acids is 1. The zero-order chi connectivity index (χ0) is 15.0. The molecule has 0 aliphatic carbocycles. The van der Waals surface area contributed by atoms with E-state index >= 15 is 0 Å². The number of nitrogens with one attached hydrogen (secondary N) is 2. The number of amides is 2. The van der Waals surface area contributed by atoms with Gasteiger partial charge in [-0.2, -0.15) is 0 Å². The molecule has 3 N–H and O–H groups in total. The molecule has 19 heavy (non-hydrogen) atoms. The first kappa shape index (κ1) is 17.4. The molecule has 110 valence electrons. The normalized spacial score (nSPS) is 13.7. The van der Waals surface area contributed by atoms with E-state index in [1.807, 2.05) is 6.92 Å². The van der Waals surface area contributed by atoms with Gasteiger partial charge in [-0.25, -0.2) is 4.79 Å². The average Bonchev–Trinajstić information content (AvgIpc) is 2.30. The zero-order valence-electron chi connectivity index (χ0n) is 12.0. The Kier molecular flexibility index (Phi) is 7.79. The van der Waals surface area contributed by atoms with Gasteiger partial charge in [-0.1, -0.05) is 33.6 Å². The highest BCUT2D eigenvalue weighted by Crippen LogP contribution is 2.05. The van der Waals surface area contributed by atoms with Crippen molar-refractivity contribution in [2.24, 2.45) is 5.92 Å². The molecule has 0 rings (SSSR count). The van der Waals surface area contributed by atoms with Crippen molar-refractivity contribution in [3.63, 3.8) is 0 Å². The molecular weight excluding hydrogens is 248 g/mol. The molecule has 0 saturated heterocycles. The Morgan fingerprint density at radius 1 is 1.16 bits per heavy atom. The molecule has 2 atom stereocenters. The monoisotopic (exact) mass is 272 g/mol. The summed E-state index contributed by atoms with van der Waals surface area (Å²) < 4.78 is 0. The summed E-state index contributed by atoms with van der Waals surface area (Å²) in [5.41, 5.74) is 0. The van der Waals surface area contributed by atoms with E-state index in [1.54, 1.807) is 13.8 Å². The molecule has 6 nitrogen and oxygen atoms in total. The maximum atomic E-state index is 12.0. The molecule has 0 aromatic rings. The van der Waals surface area contributed by atoms with E-state index in [4.69, 9.17) is 5.11 Å². The van der Waals surface area contributed by atoms with E-state index in [1.165, 1.54) is 6.92 Å². The highest BCUT2D eigenvalue weighted by molar-refractivity contribution is 5.90. The Balaban J connectivity index is 4.65. The van der Waals surface area contributed by atoms with Crippen molar-refractivity contribution in [1.82, 2.24) is 10.6 Å². The lowest BCUT2D eigenvalue weighted by molar-refractivity contribution is -0.142. The van der Waals surface area contributed by atoms with E-state index in [0.717, 1.165) is 12.8 Å². The number of hydrogen-bond acceptors (Lipinski definition) is 3. The van der Waals surface area contributed by atoms with Gasteiger partial charge in [0.25, 0.3) is 0 Å². The summed E-state index contributed by atoms with van der Waals surface area (Å²) in [7, 11) is 0. The highest BCUT2D eigenvalue weighted by atomic mass is 16.4. The fourth-order valence-electron chi connectivity index (χ4n) is 1.68. The quantitative estimate of drug-likeness (QED) is 0.612. The molecular formula is C13H24N2O4. The highest BCUT2D eigenvalue weighted by Gasteiger charge is 2.27. The molecule has 0 unspecified atom stereocenters. The van der Waals surface area contributed by atoms with Gasteiger partial charge in [0, 0.05) is 6.92 Å². The van der Waals surface area contributed by atoms with Crippen LogP contribution in [-0.4, -0.2) is 35.0 Å². The van der Waals surface area contributed by atoms with Crippen LogP contribution in [-0.2, 0) is 14.4 Å². The first-order chi connectivity index (χ1) is 8.79. The first-order valence-electron chi connectivity index (χ1n) is 6.59. The van der Waals surface area contributed by atoms with Crippen LogP contribution in [0.5, 0.6) is 0 Å². The minimum absolute atomic E-state index is 0.107. The maximum Gasteiger partial charge on any atom is 0.326 e. The maximum absolute atomic E-state index is 12.0. The van der Waals surface area contributed by atoms with Crippen molar-refractivity contribution in [3.05, 3.63) is 0 Å². The van der Waals surface area contributed by atoms with Gasteiger partial charge in [-0.05, 0) is 12.3 Å². The number of rotatable bonds is 8. The lowest BCUT2D eigenvalue weighted by Crippen LogP contribution is -2.53. The van der Waals surface area contributed by atoms with Crippen LogP contribution in [0.4, 0.5) is 0 Å². The second kappa shape index (κ2) is 8.50. The van der Waals surface area contributed by atoms with Gasteiger partial charge in [0.2, 0.25) is 11.8 Å². The van der Waals surface area contributed by atoms with E-state index in [2.05, 4.69) is 10.6 Å². The van der Waals surface area contributed by atoms with Gasteiger partial charge in [-0.15, -0.1) is 0 Å². The summed E-state index contributed by atoms with van der Waals surface area (Å²) in [6, 6.07) is -1.61. The lowest BCUT2D eigenvalue weighted by Gasteiger charge is -2.23. The summed E-state index contributed by atoms with van der Waals surface area (Å²) in [4.78, 5) is 34.1. The molecule has 0 radical (unpaired) electrons. The molecule has 0 bridgehead atoms. The topological polar surface area (TPSA) is 95.5 Å². The van der Waals surface area contributed by atoms with Crippen molar-refractivity contribution in [1.29, 1.82) is 0 Å². The predicted molar refractivity (Wildman–Crippen MR) is 71.5 cm³/mol. The Labute approximate surface area is 113 Å². The second-order valence-corrected chi connectivity index (χ2v) is 4.96. The molecule has 0 spiro atoms. The third kappa shape index (κ3) is 6.79. The van der Waals surface area contributed by atoms with Crippen molar-refractivity contribution < 1.29 is 19.5 Å². The van der Waals surface area contributed by atoms with Crippen LogP contribution in [0.25, 0.3) is 0 Å². The van der Waals surface area contributed by atoms with Crippen LogP contribution in [0.2, 0.25) is 0 Å². The summed E-state index contributed by atoms with van der Waals surface area (Å²) in [6.07, 6.45) is 1.98. The van der Waals surface area contributed by atoms with Gasteiger partial charge >= 0.3 is 5.97 Å². The molecule has 0 heterocycles. The number of unbranched alkanes of at least 4 members (excludes halogenated alkanes) is 1. The smallest absolute Gasteiger partial charge is 0.326 e. The van der Waals surface area contributed by atoms with Crippen molar-refractivity contribution in [2.45, 2.75) is 59.0 Å². The van der Waals surface area contributed by atoms with Gasteiger partial charge in [0.15, 0.2) is 0 Å². The van der Waals surface area contributed by atoms with E-state index in [0.29, 0.717) is 6.42 Å². The summed E-state index contributed by atoms with van der Waals surface area (Å²) in [5.74, 6) is -1.92. The van der Waals surface area contributed by atoms with E-state index < -0.39 is 24.0 Å². The van der Waals surface area contributed by atoms with Crippen molar-refractivity contribution in [2.75, 3.05) is 0 Å². The fourth-order valence-corrected chi connectivity index (χ4v) is 1.68. The molecule has 0 saturated carbocycles. The first-order valence-corrected chi connectivity index (χ1v) is 6.59. The number of hydrogen-bond donors (Lipinski definition) is 3. The van der Waals surface area contributed by atoms with Crippen molar-refractivity contribution in [3.8, 4) is 0 Å². The van der Waals surface area contributed by atoms with E-state index in [9.17, 15) is 14.4 Å². The van der Waals surface area contributed by atoms with Crippen LogP contribution in [0, 0.1) is 5.92 Å². The molecule has 0 aromatic carbocycles. The number of carbonyl (C=O) groups is 3. The number of carboxylic acids is 1. The van der Waals surface area contributed by atoms with Crippen LogP contribution in [0.1, 0.15) is 47.0 Å². The number of carboxylic acid groups (broad SMARTS) is 1. The summed E-state index contributed by atoms with van der Waals surface area (Å²) in [6.45, 7) is 6.87. The molecule has 0 aromatic heterocycles. The van der Waals surface area contributed by atoms with Crippen LogP contribution >= 0.6 is 0 Å². The standard InChI is InChI=1S/C13H24N2O4/c1-5-6-7-10(13(18)19)15-12(17)11(8(2)3)14-9(4)16/h8,10-11H,5-7H2,1-4H3,(H,14,16)(H,15,17)(H,18,19)/t10-,11-/m1/s1.